The van der Waals surface area contributed by atoms with Crippen LogP contribution in [0.1, 0.15) is 46.5 Å². The van der Waals surface area contributed by atoms with Crippen LogP contribution in [0.4, 0.5) is 0 Å². The van der Waals surface area contributed by atoms with Gasteiger partial charge in [-0.05, 0) is 0 Å². The van der Waals surface area contributed by atoms with Crippen molar-refractivity contribution < 1.29 is 71.7 Å². The van der Waals surface area contributed by atoms with Gasteiger partial charge < -0.3 is 53.1 Å². The monoisotopic (exact) mass is 639 g/mol. The molecule has 3 saturated heterocycles. The predicted octanol–water partition coefficient (Wildman–Crippen LogP) is -0.209. The van der Waals surface area contributed by atoms with Gasteiger partial charge in [0.2, 0.25) is 5.91 Å². The highest BCUT2D eigenvalue weighted by Crippen LogP contribution is 2.38. The molecule has 0 radical (unpaired) electrons. The maximum Gasteiger partial charge on any atom is 0.303 e. The van der Waals surface area contributed by atoms with E-state index in [9.17, 15) is 29.1 Å². The molecule has 3 aliphatic heterocycles. The number of aliphatic hydroxyl groups is 1. The molecule has 11 atom stereocenters. The molecule has 3 heterocycles. The number of fused-ring (bicyclic) bond motifs is 1. The SMILES string of the molecule is CC(=O)N[C@@H]1[C@@H](O[C@@H]2O[C@H](COC(C)=O)[C@H](OC(C)=O)[C@H](OC(C)=O)[C@H]2OC(C)=O)[C@@H]2OC(c3ccccc3)OC[C@H]2O[C@H]1O. The van der Waals surface area contributed by atoms with Gasteiger partial charge >= 0.3 is 23.9 Å². The molecule has 16 nitrogen and oxygen atoms in total. The lowest BCUT2D eigenvalue weighted by Crippen LogP contribution is -2.69. The maximum absolute atomic E-state index is 12.3. The number of nitrogens with one attached hydrogen (secondary N) is 1. The fourth-order valence-electron chi connectivity index (χ4n) is 5.37. The molecule has 4 rings (SSSR count). The molecule has 16 heteroatoms. The summed E-state index contributed by atoms with van der Waals surface area (Å²) in [7, 11) is 0. The number of ether oxygens (including phenoxy) is 9. The molecule has 1 aromatic rings. The van der Waals surface area contributed by atoms with Gasteiger partial charge in [-0.25, -0.2) is 0 Å². The molecule has 1 amide bonds. The number of carbonyl (C=O) groups is 5. The van der Waals surface area contributed by atoms with Crippen molar-refractivity contribution in [2.75, 3.05) is 13.2 Å². The van der Waals surface area contributed by atoms with Crippen molar-refractivity contribution >= 4 is 29.8 Å². The van der Waals surface area contributed by atoms with Crippen molar-refractivity contribution in [1.82, 2.24) is 5.32 Å². The minimum atomic E-state index is -1.61. The number of amides is 1. The molecule has 2 N–H and O–H groups in total. The number of hydrogen-bond donors (Lipinski definition) is 2. The molecule has 3 aliphatic rings. The largest absolute Gasteiger partial charge is 0.463 e. The van der Waals surface area contributed by atoms with E-state index in [1.807, 2.05) is 6.07 Å². The van der Waals surface area contributed by atoms with Crippen molar-refractivity contribution in [2.24, 2.45) is 0 Å². The molecule has 0 bridgehead atoms. The molecular weight excluding hydrogens is 602 g/mol. The third-order valence-corrected chi connectivity index (χ3v) is 7.04. The van der Waals surface area contributed by atoms with E-state index in [1.165, 1.54) is 6.92 Å². The maximum atomic E-state index is 12.3. The zero-order valence-corrected chi connectivity index (χ0v) is 25.3. The summed E-state index contributed by atoms with van der Waals surface area (Å²) >= 11 is 0. The Bertz CT molecular complexity index is 1230. The second-order valence-corrected chi connectivity index (χ2v) is 10.6. The van der Waals surface area contributed by atoms with Gasteiger partial charge in [-0.1, -0.05) is 30.3 Å². The average molecular weight is 640 g/mol. The van der Waals surface area contributed by atoms with E-state index in [-0.39, 0.29) is 6.61 Å². The Morgan fingerprint density at radius 3 is 2.02 bits per heavy atom. The Morgan fingerprint density at radius 1 is 0.800 bits per heavy atom. The van der Waals surface area contributed by atoms with Crippen LogP contribution in [0.5, 0.6) is 0 Å². The lowest BCUT2D eigenvalue weighted by Gasteiger charge is -2.50. The quantitative estimate of drug-likeness (QED) is 0.265. The molecule has 1 aromatic carbocycles. The van der Waals surface area contributed by atoms with Crippen molar-refractivity contribution in [3.8, 4) is 0 Å². The number of hydrogen-bond acceptors (Lipinski definition) is 15. The van der Waals surface area contributed by atoms with Crippen molar-refractivity contribution in [2.45, 2.75) is 102 Å². The first kappa shape index (κ1) is 34.2. The predicted molar refractivity (Wildman–Crippen MR) is 145 cm³/mol. The number of esters is 4. The first-order chi connectivity index (χ1) is 21.3. The van der Waals surface area contributed by atoms with Gasteiger partial charge in [0.05, 0.1) is 6.61 Å². The summed E-state index contributed by atoms with van der Waals surface area (Å²) in [6.45, 7) is 5.15. The zero-order valence-electron chi connectivity index (χ0n) is 25.3. The number of rotatable bonds is 9. The van der Waals surface area contributed by atoms with Crippen molar-refractivity contribution in [1.29, 1.82) is 0 Å². The van der Waals surface area contributed by atoms with E-state index >= 15 is 0 Å². The Morgan fingerprint density at radius 2 is 1.42 bits per heavy atom. The molecule has 0 aromatic heterocycles. The fraction of sp³-hybridized carbons (Fsp3) is 0.621. The Balaban J connectivity index is 1.74. The van der Waals surface area contributed by atoms with Gasteiger partial charge in [0.15, 0.2) is 37.2 Å². The minimum Gasteiger partial charge on any atom is -0.463 e. The standard InChI is InChI=1S/C29H37NO15/c1-13(31)30-21-24(22-19(42-27(21)36)12-38-28(44-22)18-9-7-6-8-10-18)45-29-26(41-17(5)35)25(40-16(4)34)23(39-15(3)33)20(43-29)11-37-14(2)32/h6-10,19-29,36H,11-12H2,1-5H3,(H,30,31)/t19-,20-,21-,22-,23+,24-,25+,26-,27-,28?,29+/m1/s1. The number of aliphatic hydroxyl groups excluding tert-OH is 1. The van der Waals surface area contributed by atoms with E-state index in [2.05, 4.69) is 5.32 Å². The number of benzene rings is 1. The third-order valence-electron chi connectivity index (χ3n) is 7.04. The zero-order chi connectivity index (χ0) is 32.8. The highest BCUT2D eigenvalue weighted by atomic mass is 16.8. The summed E-state index contributed by atoms with van der Waals surface area (Å²) in [4.78, 5) is 60.5. The van der Waals surface area contributed by atoms with Crippen LogP contribution in [-0.2, 0) is 66.6 Å². The van der Waals surface area contributed by atoms with Crippen LogP contribution < -0.4 is 5.32 Å². The summed E-state index contributed by atoms with van der Waals surface area (Å²) in [5.74, 6) is -3.67. The minimum absolute atomic E-state index is 0.0352. The fourth-order valence-corrected chi connectivity index (χ4v) is 5.37. The van der Waals surface area contributed by atoms with Gasteiger partial charge in [0.25, 0.3) is 0 Å². The van der Waals surface area contributed by atoms with Gasteiger partial charge in [-0.3, -0.25) is 24.0 Å². The van der Waals surface area contributed by atoms with Gasteiger partial charge in [0, 0.05) is 40.2 Å². The van der Waals surface area contributed by atoms with Crippen LogP contribution in [0.2, 0.25) is 0 Å². The van der Waals surface area contributed by atoms with Crippen LogP contribution in [-0.4, -0.2) is 109 Å². The second kappa shape index (κ2) is 15.1. The van der Waals surface area contributed by atoms with Crippen LogP contribution in [0.15, 0.2) is 30.3 Å². The number of carbonyl (C=O) groups excluding carboxylic acids is 5. The van der Waals surface area contributed by atoms with E-state index in [4.69, 9.17) is 42.6 Å². The van der Waals surface area contributed by atoms with Gasteiger partial charge in [-0.15, -0.1) is 0 Å². The van der Waals surface area contributed by atoms with E-state index in [0.717, 1.165) is 27.7 Å². The van der Waals surface area contributed by atoms with Gasteiger partial charge in [-0.2, -0.15) is 0 Å². The Hall–Kier alpha value is -3.67. The van der Waals surface area contributed by atoms with E-state index in [0.29, 0.717) is 5.56 Å². The second-order valence-electron chi connectivity index (χ2n) is 10.6. The molecular formula is C29H37NO15. The average Bonchev–Trinajstić information content (AvgIpc) is 2.96. The highest BCUT2D eigenvalue weighted by molar-refractivity contribution is 5.73. The summed E-state index contributed by atoms with van der Waals surface area (Å²) in [5, 5.41) is 13.5. The summed E-state index contributed by atoms with van der Waals surface area (Å²) < 4.78 is 51.8. The first-order valence-corrected chi connectivity index (χ1v) is 14.2. The van der Waals surface area contributed by atoms with E-state index in [1.54, 1.807) is 24.3 Å². The molecule has 3 fully saturated rings. The van der Waals surface area contributed by atoms with Crippen LogP contribution in [0, 0.1) is 0 Å². The smallest absolute Gasteiger partial charge is 0.303 e. The van der Waals surface area contributed by atoms with Crippen LogP contribution in [0.3, 0.4) is 0 Å². The van der Waals surface area contributed by atoms with Crippen molar-refractivity contribution in [3.05, 3.63) is 35.9 Å². The first-order valence-electron chi connectivity index (χ1n) is 14.2. The molecule has 0 aliphatic carbocycles. The topological polar surface area (TPSA) is 201 Å². The molecule has 1 unspecified atom stereocenters. The summed E-state index contributed by atoms with van der Waals surface area (Å²) in [5.41, 5.74) is 0.671. The summed E-state index contributed by atoms with van der Waals surface area (Å²) in [6, 6.07) is 7.72. The Labute approximate surface area is 258 Å². The summed E-state index contributed by atoms with van der Waals surface area (Å²) in [6.07, 6.45) is -13.0. The van der Waals surface area contributed by atoms with Gasteiger partial charge in [0.1, 0.15) is 37.1 Å². The van der Waals surface area contributed by atoms with Crippen molar-refractivity contribution in [3.63, 3.8) is 0 Å². The molecule has 0 spiro atoms. The third kappa shape index (κ3) is 8.74. The normalized spacial score (nSPS) is 34.4. The molecule has 0 saturated carbocycles. The lowest BCUT2D eigenvalue weighted by atomic mass is 9.94. The lowest BCUT2D eigenvalue weighted by molar-refractivity contribution is -0.374. The van der Waals surface area contributed by atoms with E-state index < -0.39 is 104 Å². The van der Waals surface area contributed by atoms with Crippen LogP contribution in [0.25, 0.3) is 0 Å². The highest BCUT2D eigenvalue weighted by Gasteiger charge is 2.57. The molecule has 45 heavy (non-hydrogen) atoms. The molecule has 248 valence electrons. The van der Waals surface area contributed by atoms with Crippen LogP contribution >= 0.6 is 0 Å². The Kier molecular flexibility index (Phi) is 11.5.